The van der Waals surface area contributed by atoms with Gasteiger partial charge in [0.1, 0.15) is 0 Å². The maximum absolute atomic E-state index is 11.6. The van der Waals surface area contributed by atoms with Crippen LogP contribution in [0.5, 0.6) is 0 Å². The molecular formula is C12H22O2. The highest BCUT2D eigenvalue weighted by Gasteiger charge is 2.29. The second-order valence-electron chi connectivity index (χ2n) is 4.31. The molecule has 0 spiro atoms. The normalized spacial score (nSPS) is 26.4. The Hall–Kier alpha value is -0.530. The second-order valence-corrected chi connectivity index (χ2v) is 4.31. The SMILES string of the molecule is CCCCOC(=O)C1CCC(CC)C1. The Morgan fingerprint density at radius 3 is 2.71 bits per heavy atom. The maximum Gasteiger partial charge on any atom is 0.308 e. The molecule has 2 nitrogen and oxygen atoms in total. The number of hydrogen-bond donors (Lipinski definition) is 0. The first kappa shape index (κ1) is 11.5. The van der Waals surface area contributed by atoms with Gasteiger partial charge in [-0.3, -0.25) is 4.79 Å². The van der Waals surface area contributed by atoms with E-state index in [1.807, 2.05) is 0 Å². The second kappa shape index (κ2) is 6.05. The number of unbranched alkanes of at least 4 members (excludes halogenated alkanes) is 1. The highest BCUT2D eigenvalue weighted by molar-refractivity contribution is 5.72. The van der Waals surface area contributed by atoms with Crippen molar-refractivity contribution < 1.29 is 9.53 Å². The molecule has 1 aliphatic carbocycles. The lowest BCUT2D eigenvalue weighted by Crippen LogP contribution is -2.15. The molecule has 0 heterocycles. The summed E-state index contributed by atoms with van der Waals surface area (Å²) in [6.07, 6.45) is 6.61. The van der Waals surface area contributed by atoms with Crippen LogP contribution in [0.2, 0.25) is 0 Å². The van der Waals surface area contributed by atoms with Crippen LogP contribution in [0, 0.1) is 11.8 Å². The topological polar surface area (TPSA) is 26.3 Å². The van der Waals surface area contributed by atoms with E-state index in [2.05, 4.69) is 13.8 Å². The van der Waals surface area contributed by atoms with Gasteiger partial charge in [-0.05, 0) is 31.6 Å². The predicted molar refractivity (Wildman–Crippen MR) is 57.0 cm³/mol. The highest BCUT2D eigenvalue weighted by Crippen LogP contribution is 2.33. The molecule has 0 radical (unpaired) electrons. The zero-order valence-electron chi connectivity index (χ0n) is 9.42. The Labute approximate surface area is 87.0 Å². The molecule has 0 aromatic carbocycles. The minimum absolute atomic E-state index is 0.0504. The number of esters is 1. The van der Waals surface area contributed by atoms with Gasteiger partial charge in [0.05, 0.1) is 12.5 Å². The first-order valence-corrected chi connectivity index (χ1v) is 5.94. The van der Waals surface area contributed by atoms with Crippen LogP contribution in [0.4, 0.5) is 0 Å². The smallest absolute Gasteiger partial charge is 0.308 e. The summed E-state index contributed by atoms with van der Waals surface area (Å²) in [5.74, 6) is 1.02. The average molecular weight is 198 g/mol. The summed E-state index contributed by atoms with van der Waals surface area (Å²) >= 11 is 0. The first-order chi connectivity index (χ1) is 6.77. The number of rotatable bonds is 5. The number of carbonyl (C=O) groups excluding carboxylic acids is 1. The predicted octanol–water partition coefficient (Wildman–Crippen LogP) is 3.16. The summed E-state index contributed by atoms with van der Waals surface area (Å²) in [5, 5.41) is 0. The fourth-order valence-corrected chi connectivity index (χ4v) is 2.09. The highest BCUT2D eigenvalue weighted by atomic mass is 16.5. The van der Waals surface area contributed by atoms with Crippen molar-refractivity contribution >= 4 is 5.97 Å². The summed E-state index contributed by atoms with van der Waals surface area (Å²) in [6.45, 7) is 4.93. The average Bonchev–Trinajstić information content (AvgIpc) is 2.66. The molecule has 1 rings (SSSR count). The lowest BCUT2D eigenvalue weighted by Gasteiger charge is -2.09. The Bertz CT molecular complexity index is 177. The van der Waals surface area contributed by atoms with Crippen LogP contribution in [0.15, 0.2) is 0 Å². The Morgan fingerprint density at radius 1 is 1.36 bits per heavy atom. The van der Waals surface area contributed by atoms with Crippen LogP contribution in [-0.2, 0) is 9.53 Å². The molecule has 1 fully saturated rings. The van der Waals surface area contributed by atoms with E-state index < -0.39 is 0 Å². The van der Waals surface area contributed by atoms with Gasteiger partial charge < -0.3 is 4.74 Å². The molecule has 0 aromatic rings. The molecule has 0 aromatic heterocycles. The van der Waals surface area contributed by atoms with Crippen LogP contribution in [0.3, 0.4) is 0 Å². The molecule has 0 saturated heterocycles. The molecule has 2 unspecified atom stereocenters. The Balaban J connectivity index is 2.18. The molecule has 0 aliphatic heterocycles. The first-order valence-electron chi connectivity index (χ1n) is 5.94. The number of carbonyl (C=O) groups is 1. The van der Waals surface area contributed by atoms with Crippen molar-refractivity contribution in [1.82, 2.24) is 0 Å². The van der Waals surface area contributed by atoms with Gasteiger partial charge in [0, 0.05) is 0 Å². The molecule has 0 N–H and O–H groups in total. The third-order valence-corrected chi connectivity index (χ3v) is 3.19. The zero-order chi connectivity index (χ0) is 10.4. The van der Waals surface area contributed by atoms with E-state index in [0.29, 0.717) is 6.61 Å². The van der Waals surface area contributed by atoms with Crippen molar-refractivity contribution in [3.8, 4) is 0 Å². The molecule has 1 aliphatic rings. The molecule has 1 saturated carbocycles. The van der Waals surface area contributed by atoms with Crippen LogP contribution in [0.25, 0.3) is 0 Å². The minimum atomic E-state index is 0.0504. The standard InChI is InChI=1S/C12H22O2/c1-3-5-8-14-12(13)11-7-6-10(4-2)9-11/h10-11H,3-9H2,1-2H3. The Kier molecular flexibility index (Phi) is 4.99. The fraction of sp³-hybridized carbons (Fsp3) is 0.917. The molecule has 0 amide bonds. The summed E-state index contributed by atoms with van der Waals surface area (Å²) in [4.78, 5) is 11.6. The van der Waals surface area contributed by atoms with Crippen molar-refractivity contribution in [2.75, 3.05) is 6.61 Å². The van der Waals surface area contributed by atoms with E-state index >= 15 is 0 Å². The molecule has 0 bridgehead atoms. The van der Waals surface area contributed by atoms with Crippen molar-refractivity contribution in [2.24, 2.45) is 11.8 Å². The lowest BCUT2D eigenvalue weighted by atomic mass is 10.0. The number of ether oxygens (including phenoxy) is 1. The molecule has 14 heavy (non-hydrogen) atoms. The van der Waals surface area contributed by atoms with E-state index in [1.165, 1.54) is 12.8 Å². The van der Waals surface area contributed by atoms with E-state index in [-0.39, 0.29) is 11.9 Å². The molecule has 2 heteroatoms. The summed E-state index contributed by atoms with van der Waals surface area (Å²) in [6, 6.07) is 0. The van der Waals surface area contributed by atoms with Crippen molar-refractivity contribution in [3.05, 3.63) is 0 Å². The summed E-state index contributed by atoms with van der Waals surface area (Å²) in [7, 11) is 0. The van der Waals surface area contributed by atoms with Crippen LogP contribution < -0.4 is 0 Å². The van der Waals surface area contributed by atoms with E-state index in [0.717, 1.165) is 31.6 Å². The van der Waals surface area contributed by atoms with Gasteiger partial charge in [0.25, 0.3) is 0 Å². The minimum Gasteiger partial charge on any atom is -0.465 e. The van der Waals surface area contributed by atoms with E-state index in [1.54, 1.807) is 0 Å². The van der Waals surface area contributed by atoms with Gasteiger partial charge in [-0.25, -0.2) is 0 Å². The third kappa shape index (κ3) is 3.32. The van der Waals surface area contributed by atoms with Crippen molar-refractivity contribution in [2.45, 2.75) is 52.4 Å². The van der Waals surface area contributed by atoms with Crippen molar-refractivity contribution in [1.29, 1.82) is 0 Å². The quantitative estimate of drug-likeness (QED) is 0.501. The van der Waals surface area contributed by atoms with Gasteiger partial charge in [0.15, 0.2) is 0 Å². The van der Waals surface area contributed by atoms with Crippen molar-refractivity contribution in [3.63, 3.8) is 0 Å². The van der Waals surface area contributed by atoms with Crippen LogP contribution in [-0.4, -0.2) is 12.6 Å². The maximum atomic E-state index is 11.6. The van der Waals surface area contributed by atoms with E-state index in [4.69, 9.17) is 4.74 Å². The molecule has 82 valence electrons. The molecule has 2 atom stereocenters. The molecular weight excluding hydrogens is 176 g/mol. The zero-order valence-corrected chi connectivity index (χ0v) is 9.42. The largest absolute Gasteiger partial charge is 0.465 e. The van der Waals surface area contributed by atoms with Crippen LogP contribution in [0.1, 0.15) is 52.4 Å². The third-order valence-electron chi connectivity index (χ3n) is 3.19. The van der Waals surface area contributed by atoms with Gasteiger partial charge in [-0.2, -0.15) is 0 Å². The van der Waals surface area contributed by atoms with Crippen LogP contribution >= 0.6 is 0 Å². The van der Waals surface area contributed by atoms with Gasteiger partial charge in [-0.15, -0.1) is 0 Å². The fourth-order valence-electron chi connectivity index (χ4n) is 2.09. The Morgan fingerprint density at radius 2 is 2.14 bits per heavy atom. The van der Waals surface area contributed by atoms with E-state index in [9.17, 15) is 4.79 Å². The summed E-state index contributed by atoms with van der Waals surface area (Å²) < 4.78 is 5.22. The van der Waals surface area contributed by atoms with Gasteiger partial charge in [0.2, 0.25) is 0 Å². The summed E-state index contributed by atoms with van der Waals surface area (Å²) in [5.41, 5.74) is 0. The van der Waals surface area contributed by atoms with Gasteiger partial charge >= 0.3 is 5.97 Å². The van der Waals surface area contributed by atoms with Gasteiger partial charge in [-0.1, -0.05) is 26.7 Å². The monoisotopic (exact) mass is 198 g/mol. The number of hydrogen-bond acceptors (Lipinski definition) is 2. The lowest BCUT2D eigenvalue weighted by molar-refractivity contribution is -0.148.